The molecule has 1 atom stereocenters. The summed E-state index contributed by atoms with van der Waals surface area (Å²) >= 11 is 12.8. The molecule has 32 heavy (non-hydrogen) atoms. The molecule has 1 unspecified atom stereocenters. The predicted molar refractivity (Wildman–Crippen MR) is 121 cm³/mol. The van der Waals surface area contributed by atoms with E-state index >= 15 is 0 Å². The maximum atomic E-state index is 13.9. The molecule has 160 valence electrons. The lowest BCUT2D eigenvalue weighted by molar-refractivity contribution is 0.629. The molecule has 0 fully saturated rings. The third-order valence-electron chi connectivity index (χ3n) is 4.98. The van der Waals surface area contributed by atoms with Gasteiger partial charge in [-0.3, -0.25) is 9.36 Å². The Balaban J connectivity index is 1.75. The van der Waals surface area contributed by atoms with Crippen molar-refractivity contribution in [2.24, 2.45) is 0 Å². The highest BCUT2D eigenvalue weighted by atomic mass is 35.5. The zero-order valence-corrected chi connectivity index (χ0v) is 18.0. The molecule has 0 saturated carbocycles. The topological polar surface area (TPSA) is 101 Å². The Hall–Kier alpha value is -3.56. The highest BCUT2D eigenvalue weighted by molar-refractivity contribution is 6.37. The maximum absolute atomic E-state index is 13.9. The maximum Gasteiger partial charge on any atom is 0.266 e. The lowest BCUT2D eigenvalue weighted by Gasteiger charge is -2.21. The van der Waals surface area contributed by atoms with E-state index in [2.05, 4.69) is 30.2 Å². The second-order valence-corrected chi connectivity index (χ2v) is 7.84. The van der Waals surface area contributed by atoms with Gasteiger partial charge in [0.2, 0.25) is 0 Å². The molecule has 2 aromatic carbocycles. The molecule has 5 rings (SSSR count). The van der Waals surface area contributed by atoms with E-state index in [-0.39, 0.29) is 21.1 Å². The summed E-state index contributed by atoms with van der Waals surface area (Å²) in [7, 11) is 0. The van der Waals surface area contributed by atoms with Gasteiger partial charge >= 0.3 is 0 Å². The number of para-hydroxylation sites is 1. The number of hydrogen-bond donors (Lipinski definition) is 2. The number of rotatable bonds is 4. The fourth-order valence-electron chi connectivity index (χ4n) is 3.52. The Kier molecular flexibility index (Phi) is 4.99. The number of aromatic amines is 1. The van der Waals surface area contributed by atoms with Gasteiger partial charge in [0.15, 0.2) is 11.5 Å². The van der Waals surface area contributed by atoms with Crippen molar-refractivity contribution in [1.29, 1.82) is 0 Å². The van der Waals surface area contributed by atoms with Gasteiger partial charge in [0, 0.05) is 0 Å². The lowest BCUT2D eigenvalue weighted by atomic mass is 10.2. The fourth-order valence-corrected chi connectivity index (χ4v) is 4.09. The second-order valence-electron chi connectivity index (χ2n) is 7.03. The second kappa shape index (κ2) is 7.85. The van der Waals surface area contributed by atoms with Crippen LogP contribution in [0.2, 0.25) is 10.0 Å². The molecule has 8 nitrogen and oxygen atoms in total. The molecular formula is C21H14Cl2FN7O. The van der Waals surface area contributed by atoms with Gasteiger partial charge in [-0.15, -0.1) is 0 Å². The number of halogens is 3. The van der Waals surface area contributed by atoms with Gasteiger partial charge in [-0.05, 0) is 37.3 Å². The van der Waals surface area contributed by atoms with Crippen molar-refractivity contribution in [3.05, 3.63) is 81.1 Å². The molecule has 11 heteroatoms. The van der Waals surface area contributed by atoms with E-state index in [0.717, 1.165) is 6.07 Å². The number of anilines is 1. The summed E-state index contributed by atoms with van der Waals surface area (Å²) in [6.45, 7) is 1.80. The number of imidazole rings is 1. The number of aromatic nitrogens is 6. The number of nitrogens with zero attached hydrogens (tertiary/aromatic N) is 5. The van der Waals surface area contributed by atoms with E-state index in [1.165, 1.54) is 29.4 Å². The zero-order chi connectivity index (χ0) is 22.4. The highest BCUT2D eigenvalue weighted by Gasteiger charge is 2.22. The van der Waals surface area contributed by atoms with E-state index in [4.69, 9.17) is 23.2 Å². The summed E-state index contributed by atoms with van der Waals surface area (Å²) in [4.78, 5) is 33.7. The molecular weight excluding hydrogens is 456 g/mol. The van der Waals surface area contributed by atoms with Crippen LogP contribution in [0.3, 0.4) is 0 Å². The minimum absolute atomic E-state index is 0.105. The van der Waals surface area contributed by atoms with Crippen LogP contribution in [0.5, 0.6) is 0 Å². The first-order chi connectivity index (χ1) is 15.4. The number of fused-ring (bicyclic) bond motifs is 2. The Morgan fingerprint density at radius 3 is 2.69 bits per heavy atom. The van der Waals surface area contributed by atoms with Crippen LogP contribution in [0.25, 0.3) is 27.8 Å². The summed E-state index contributed by atoms with van der Waals surface area (Å²) in [6, 6.07) is 8.21. The van der Waals surface area contributed by atoms with Gasteiger partial charge in [0.05, 0.1) is 39.0 Å². The summed E-state index contributed by atoms with van der Waals surface area (Å²) in [5, 5.41) is 3.83. The zero-order valence-electron chi connectivity index (χ0n) is 16.5. The predicted octanol–water partition coefficient (Wildman–Crippen LogP) is 4.67. The molecule has 0 bridgehead atoms. The van der Waals surface area contributed by atoms with Crippen LogP contribution in [-0.4, -0.2) is 29.5 Å². The average molecular weight is 470 g/mol. The average Bonchev–Trinajstić information content (AvgIpc) is 3.25. The van der Waals surface area contributed by atoms with Crippen molar-refractivity contribution in [1.82, 2.24) is 29.5 Å². The van der Waals surface area contributed by atoms with E-state index in [1.807, 2.05) is 0 Å². The van der Waals surface area contributed by atoms with Crippen molar-refractivity contribution >= 4 is 51.1 Å². The standard InChI is InChI=1S/C21H14Cl2FN7O/c1-10(29-19-16-18(26-8-25-16)27-9-28-19)20-30-15-6-5-11(24)7-12(15)21(32)31(20)17-13(22)3-2-4-14(17)23/h2-10H,1H3,(H2,25,26,27,28,29). The Morgan fingerprint density at radius 2 is 1.91 bits per heavy atom. The molecule has 0 radical (unpaired) electrons. The van der Waals surface area contributed by atoms with Gasteiger partial charge in [-0.25, -0.2) is 24.3 Å². The first kappa shape index (κ1) is 20.3. The molecule has 5 aromatic rings. The van der Waals surface area contributed by atoms with E-state index in [0.29, 0.717) is 28.3 Å². The monoisotopic (exact) mass is 469 g/mol. The molecule has 0 aliphatic rings. The molecule has 0 amide bonds. The number of nitrogens with one attached hydrogen (secondary N) is 2. The highest BCUT2D eigenvalue weighted by Crippen LogP contribution is 2.31. The van der Waals surface area contributed by atoms with E-state index in [9.17, 15) is 9.18 Å². The molecule has 0 aliphatic heterocycles. The summed E-state index contributed by atoms with van der Waals surface area (Å²) in [6.07, 6.45) is 2.90. The SMILES string of the molecule is CC(Nc1ncnc2[nH]cnc12)c1nc2ccc(F)cc2c(=O)n1-c1c(Cl)cccc1Cl. The fraction of sp³-hybridized carbons (Fsp3) is 0.0952. The van der Waals surface area contributed by atoms with Crippen LogP contribution in [-0.2, 0) is 0 Å². The van der Waals surface area contributed by atoms with Crippen molar-refractivity contribution < 1.29 is 4.39 Å². The normalized spacial score (nSPS) is 12.4. The molecule has 3 aromatic heterocycles. The molecule has 0 aliphatic carbocycles. The third-order valence-corrected chi connectivity index (χ3v) is 5.59. The van der Waals surface area contributed by atoms with Gasteiger partial charge in [0.25, 0.3) is 5.56 Å². The third kappa shape index (κ3) is 3.35. The van der Waals surface area contributed by atoms with Gasteiger partial charge in [-0.1, -0.05) is 29.3 Å². The van der Waals surface area contributed by atoms with Crippen LogP contribution in [0, 0.1) is 5.82 Å². The Labute approximate surface area is 190 Å². The van der Waals surface area contributed by atoms with E-state index in [1.54, 1.807) is 25.1 Å². The minimum atomic E-state index is -0.547. The van der Waals surface area contributed by atoms with Crippen molar-refractivity contribution in [2.45, 2.75) is 13.0 Å². The van der Waals surface area contributed by atoms with Crippen LogP contribution in [0.1, 0.15) is 18.8 Å². The van der Waals surface area contributed by atoms with Crippen molar-refractivity contribution in [3.63, 3.8) is 0 Å². The molecule has 2 N–H and O–H groups in total. The molecule has 0 saturated heterocycles. The van der Waals surface area contributed by atoms with Crippen LogP contribution >= 0.6 is 23.2 Å². The number of benzene rings is 2. The molecule has 0 spiro atoms. The first-order valence-electron chi connectivity index (χ1n) is 9.51. The van der Waals surface area contributed by atoms with Crippen LogP contribution in [0.4, 0.5) is 10.2 Å². The lowest BCUT2D eigenvalue weighted by Crippen LogP contribution is -2.28. The quantitative estimate of drug-likeness (QED) is 0.396. The summed E-state index contributed by atoms with van der Waals surface area (Å²) in [5.41, 5.74) is 1.19. The van der Waals surface area contributed by atoms with Crippen molar-refractivity contribution in [3.8, 4) is 5.69 Å². The van der Waals surface area contributed by atoms with Gasteiger partial charge < -0.3 is 10.3 Å². The first-order valence-corrected chi connectivity index (χ1v) is 10.3. The van der Waals surface area contributed by atoms with E-state index < -0.39 is 17.4 Å². The minimum Gasteiger partial charge on any atom is -0.358 e. The van der Waals surface area contributed by atoms with Crippen LogP contribution < -0.4 is 10.9 Å². The summed E-state index contributed by atoms with van der Waals surface area (Å²) < 4.78 is 15.2. The van der Waals surface area contributed by atoms with Gasteiger partial charge in [-0.2, -0.15) is 0 Å². The van der Waals surface area contributed by atoms with Crippen LogP contribution in [0.15, 0.2) is 53.8 Å². The Morgan fingerprint density at radius 1 is 1.12 bits per heavy atom. The summed E-state index contributed by atoms with van der Waals surface area (Å²) in [5.74, 6) is 0.217. The Bertz CT molecular complexity index is 1530. The molecule has 3 heterocycles. The largest absolute Gasteiger partial charge is 0.358 e. The van der Waals surface area contributed by atoms with Crippen molar-refractivity contribution in [2.75, 3.05) is 5.32 Å². The number of hydrogen-bond acceptors (Lipinski definition) is 6. The smallest absolute Gasteiger partial charge is 0.266 e. The van der Waals surface area contributed by atoms with Gasteiger partial charge in [0.1, 0.15) is 23.5 Å². The number of H-pyrrole nitrogens is 1.